The van der Waals surface area contributed by atoms with Crippen molar-refractivity contribution in [3.05, 3.63) is 23.8 Å². The third-order valence-electron chi connectivity index (χ3n) is 3.51. The number of benzene rings is 1. The van der Waals surface area contributed by atoms with Crippen LogP contribution < -0.4 is 10.1 Å². The number of nitrogens with zero attached hydrogens (tertiary/aromatic N) is 1. The van der Waals surface area contributed by atoms with E-state index in [0.717, 1.165) is 5.56 Å². The number of anilines is 1. The maximum atomic E-state index is 12.3. The van der Waals surface area contributed by atoms with E-state index in [0.29, 0.717) is 24.5 Å². The fourth-order valence-corrected chi connectivity index (χ4v) is 2.53. The van der Waals surface area contributed by atoms with Crippen LogP contribution >= 0.6 is 0 Å². The lowest BCUT2D eigenvalue weighted by Crippen LogP contribution is -2.49. The standard InChI is InChI=1S/C16H22F2N2O3/c1-10-4-5-13(6-14(10)22-9-15(17)18)19-16(21)20-7-11(2)23-12(3)8-20/h4-6,11-12,15H,7-9H2,1-3H3,(H,19,21). The minimum atomic E-state index is -2.54. The Morgan fingerprint density at radius 3 is 2.65 bits per heavy atom. The number of ether oxygens (including phenoxy) is 2. The van der Waals surface area contributed by atoms with Crippen LogP contribution in [0.15, 0.2) is 18.2 Å². The number of aryl methyl sites for hydroxylation is 1. The lowest BCUT2D eigenvalue weighted by molar-refractivity contribution is -0.0530. The summed E-state index contributed by atoms with van der Waals surface area (Å²) >= 11 is 0. The first-order valence-electron chi connectivity index (χ1n) is 7.58. The molecule has 128 valence electrons. The van der Waals surface area contributed by atoms with Gasteiger partial charge in [0.2, 0.25) is 0 Å². The molecule has 2 atom stereocenters. The predicted octanol–water partition coefficient (Wildman–Crippen LogP) is 3.28. The molecule has 1 saturated heterocycles. The number of nitrogens with one attached hydrogen (secondary N) is 1. The zero-order valence-electron chi connectivity index (χ0n) is 13.5. The molecule has 0 radical (unpaired) electrons. The average molecular weight is 328 g/mol. The van der Waals surface area contributed by atoms with Crippen LogP contribution in [0.2, 0.25) is 0 Å². The van der Waals surface area contributed by atoms with Crippen LogP contribution in [0.25, 0.3) is 0 Å². The normalized spacial score (nSPS) is 21.4. The van der Waals surface area contributed by atoms with Crippen molar-refractivity contribution in [3.63, 3.8) is 0 Å². The minimum Gasteiger partial charge on any atom is -0.487 e. The van der Waals surface area contributed by atoms with E-state index in [1.54, 1.807) is 30.0 Å². The van der Waals surface area contributed by atoms with Gasteiger partial charge in [-0.1, -0.05) is 6.07 Å². The van der Waals surface area contributed by atoms with Gasteiger partial charge in [0.1, 0.15) is 12.4 Å². The highest BCUT2D eigenvalue weighted by molar-refractivity contribution is 5.89. The third-order valence-corrected chi connectivity index (χ3v) is 3.51. The molecule has 1 aromatic rings. The number of hydrogen-bond acceptors (Lipinski definition) is 3. The molecule has 0 spiro atoms. The molecule has 23 heavy (non-hydrogen) atoms. The molecule has 1 N–H and O–H groups in total. The van der Waals surface area contributed by atoms with Crippen molar-refractivity contribution >= 4 is 11.7 Å². The molecular formula is C16H22F2N2O3. The van der Waals surface area contributed by atoms with E-state index in [-0.39, 0.29) is 18.2 Å². The Labute approximate surface area is 134 Å². The Hall–Kier alpha value is -1.89. The summed E-state index contributed by atoms with van der Waals surface area (Å²) in [4.78, 5) is 14.0. The Morgan fingerprint density at radius 2 is 2.04 bits per heavy atom. The second-order valence-electron chi connectivity index (χ2n) is 5.77. The monoisotopic (exact) mass is 328 g/mol. The summed E-state index contributed by atoms with van der Waals surface area (Å²) in [5.41, 5.74) is 1.24. The molecule has 5 nitrogen and oxygen atoms in total. The van der Waals surface area contributed by atoms with Crippen LogP contribution in [0, 0.1) is 6.92 Å². The van der Waals surface area contributed by atoms with E-state index in [9.17, 15) is 13.6 Å². The van der Waals surface area contributed by atoms with E-state index in [4.69, 9.17) is 9.47 Å². The van der Waals surface area contributed by atoms with E-state index in [2.05, 4.69) is 5.32 Å². The van der Waals surface area contributed by atoms with Crippen LogP contribution in [0.3, 0.4) is 0 Å². The Morgan fingerprint density at radius 1 is 1.39 bits per heavy atom. The second-order valence-corrected chi connectivity index (χ2v) is 5.77. The molecule has 0 bridgehead atoms. The highest BCUT2D eigenvalue weighted by Crippen LogP contribution is 2.24. The van der Waals surface area contributed by atoms with Crippen LogP contribution in [-0.2, 0) is 4.74 Å². The van der Waals surface area contributed by atoms with Gasteiger partial charge in [0.05, 0.1) is 12.2 Å². The highest BCUT2D eigenvalue weighted by atomic mass is 19.3. The molecule has 1 aliphatic rings. The quantitative estimate of drug-likeness (QED) is 0.923. The molecule has 1 heterocycles. The van der Waals surface area contributed by atoms with Gasteiger partial charge in [-0.25, -0.2) is 13.6 Å². The minimum absolute atomic E-state index is 0.0209. The SMILES string of the molecule is Cc1ccc(NC(=O)N2CC(C)OC(C)C2)cc1OCC(F)F. The first kappa shape index (κ1) is 17.5. The lowest BCUT2D eigenvalue weighted by Gasteiger charge is -2.35. The van der Waals surface area contributed by atoms with Gasteiger partial charge >= 0.3 is 6.03 Å². The van der Waals surface area contributed by atoms with Gasteiger partial charge in [0, 0.05) is 24.8 Å². The van der Waals surface area contributed by atoms with E-state index in [1.807, 2.05) is 13.8 Å². The number of urea groups is 1. The topological polar surface area (TPSA) is 50.8 Å². The van der Waals surface area contributed by atoms with Gasteiger partial charge in [-0.05, 0) is 32.4 Å². The summed E-state index contributed by atoms with van der Waals surface area (Å²) in [6, 6.07) is 4.76. The zero-order chi connectivity index (χ0) is 17.0. The van der Waals surface area contributed by atoms with Crippen molar-refractivity contribution in [2.24, 2.45) is 0 Å². The molecule has 2 rings (SSSR count). The summed E-state index contributed by atoms with van der Waals surface area (Å²) in [5, 5.41) is 2.77. The average Bonchev–Trinajstić information content (AvgIpc) is 2.46. The van der Waals surface area contributed by atoms with Gasteiger partial charge in [0.15, 0.2) is 0 Å². The van der Waals surface area contributed by atoms with Crippen molar-refractivity contribution in [1.29, 1.82) is 0 Å². The van der Waals surface area contributed by atoms with Crippen molar-refractivity contribution in [1.82, 2.24) is 4.90 Å². The van der Waals surface area contributed by atoms with Crippen molar-refractivity contribution in [2.45, 2.75) is 39.4 Å². The summed E-state index contributed by atoms with van der Waals surface area (Å²) in [6.45, 7) is 5.94. The van der Waals surface area contributed by atoms with Crippen LogP contribution in [0.1, 0.15) is 19.4 Å². The van der Waals surface area contributed by atoms with Crippen LogP contribution in [0.4, 0.5) is 19.3 Å². The van der Waals surface area contributed by atoms with Gasteiger partial charge in [0.25, 0.3) is 6.43 Å². The predicted molar refractivity (Wildman–Crippen MR) is 83.3 cm³/mol. The van der Waals surface area contributed by atoms with Crippen LogP contribution in [0.5, 0.6) is 5.75 Å². The van der Waals surface area contributed by atoms with Gasteiger partial charge in [-0.15, -0.1) is 0 Å². The smallest absolute Gasteiger partial charge is 0.322 e. The molecule has 7 heteroatoms. The third kappa shape index (κ3) is 5.06. The van der Waals surface area contributed by atoms with Gasteiger partial charge in [-0.2, -0.15) is 0 Å². The van der Waals surface area contributed by atoms with E-state index < -0.39 is 13.0 Å². The molecule has 2 amide bonds. The fraction of sp³-hybridized carbons (Fsp3) is 0.562. The molecule has 1 fully saturated rings. The number of rotatable bonds is 4. The van der Waals surface area contributed by atoms with Crippen LogP contribution in [-0.4, -0.2) is 49.3 Å². The molecule has 0 aliphatic carbocycles. The van der Waals surface area contributed by atoms with E-state index >= 15 is 0 Å². The molecular weight excluding hydrogens is 306 g/mol. The Kier molecular flexibility index (Phi) is 5.76. The van der Waals surface area contributed by atoms with Crippen molar-refractivity contribution < 1.29 is 23.0 Å². The largest absolute Gasteiger partial charge is 0.487 e. The fourth-order valence-electron chi connectivity index (χ4n) is 2.53. The maximum Gasteiger partial charge on any atom is 0.322 e. The number of amides is 2. The number of hydrogen-bond donors (Lipinski definition) is 1. The lowest BCUT2D eigenvalue weighted by atomic mass is 10.2. The molecule has 2 unspecified atom stereocenters. The number of carbonyl (C=O) groups is 1. The van der Waals surface area contributed by atoms with Crippen molar-refractivity contribution in [2.75, 3.05) is 25.0 Å². The number of alkyl halides is 2. The van der Waals surface area contributed by atoms with Gasteiger partial charge in [-0.3, -0.25) is 0 Å². The first-order chi connectivity index (χ1) is 10.8. The summed E-state index contributed by atoms with van der Waals surface area (Å²) in [6.07, 6.45) is -2.58. The van der Waals surface area contributed by atoms with Crippen molar-refractivity contribution in [3.8, 4) is 5.75 Å². The Balaban J connectivity index is 2.01. The Bertz CT molecular complexity index is 544. The molecule has 1 aliphatic heterocycles. The maximum absolute atomic E-state index is 12.3. The summed E-state index contributed by atoms with van der Waals surface area (Å²) in [7, 11) is 0. The summed E-state index contributed by atoms with van der Waals surface area (Å²) in [5.74, 6) is 0.340. The first-order valence-corrected chi connectivity index (χ1v) is 7.58. The highest BCUT2D eigenvalue weighted by Gasteiger charge is 2.25. The second kappa shape index (κ2) is 7.59. The number of morpholine rings is 1. The number of carbonyl (C=O) groups excluding carboxylic acids is 1. The number of halogens is 2. The van der Waals surface area contributed by atoms with Gasteiger partial charge < -0.3 is 19.7 Å². The molecule has 1 aromatic carbocycles. The molecule has 0 saturated carbocycles. The van der Waals surface area contributed by atoms with E-state index in [1.165, 1.54) is 0 Å². The summed E-state index contributed by atoms with van der Waals surface area (Å²) < 4.78 is 35.2. The zero-order valence-corrected chi connectivity index (χ0v) is 13.5. The molecule has 0 aromatic heterocycles.